The van der Waals surface area contributed by atoms with Gasteiger partial charge in [0.05, 0.1) is 30.8 Å². The fraction of sp³-hybridized carbons (Fsp3) is 0.267. The van der Waals surface area contributed by atoms with Crippen molar-refractivity contribution in [3.05, 3.63) is 81.6 Å². The van der Waals surface area contributed by atoms with Gasteiger partial charge in [-0.25, -0.2) is 0 Å². The minimum absolute atomic E-state index is 0.0109. The molecule has 1 atom stereocenters. The van der Waals surface area contributed by atoms with E-state index in [1.54, 1.807) is 36.7 Å². The molecule has 2 aromatic carbocycles. The zero-order valence-electron chi connectivity index (χ0n) is 22.5. The van der Waals surface area contributed by atoms with Crippen LogP contribution in [0.25, 0.3) is 6.08 Å². The number of rotatable bonds is 11. The Morgan fingerprint density at radius 1 is 1.05 bits per heavy atom. The van der Waals surface area contributed by atoms with Crippen LogP contribution in [0.1, 0.15) is 48.6 Å². The summed E-state index contributed by atoms with van der Waals surface area (Å²) in [6.45, 7) is 5.38. The predicted octanol–water partition coefficient (Wildman–Crippen LogP) is 6.79. The first-order valence-electron chi connectivity index (χ1n) is 13.0. The molecule has 10 heteroatoms. The van der Waals surface area contributed by atoms with Gasteiger partial charge in [-0.3, -0.25) is 10.2 Å². The van der Waals surface area contributed by atoms with Crippen LogP contribution in [0.15, 0.2) is 75.6 Å². The van der Waals surface area contributed by atoms with Crippen molar-refractivity contribution in [2.75, 3.05) is 20.3 Å². The van der Waals surface area contributed by atoms with Gasteiger partial charge in [-0.05, 0) is 70.9 Å². The fourth-order valence-electron chi connectivity index (χ4n) is 4.21. The third-order valence-corrected chi connectivity index (χ3v) is 8.50. The Morgan fingerprint density at radius 3 is 2.60 bits per heavy atom. The lowest BCUT2D eigenvalue weighted by Crippen LogP contribution is -2.35. The van der Waals surface area contributed by atoms with Crippen molar-refractivity contribution in [2.24, 2.45) is 10.1 Å². The molecule has 0 bridgehead atoms. The lowest BCUT2D eigenvalue weighted by Gasteiger charge is -2.20. The molecular formula is C30H30N4O4S2. The molecule has 1 amide bonds. The second-order valence-corrected chi connectivity index (χ2v) is 11.1. The van der Waals surface area contributed by atoms with E-state index in [0.29, 0.717) is 47.8 Å². The Balaban J connectivity index is 1.21. The number of thioether (sulfide) groups is 1. The number of amides is 1. The van der Waals surface area contributed by atoms with Crippen LogP contribution < -0.4 is 14.2 Å². The van der Waals surface area contributed by atoms with Crippen LogP contribution in [0.3, 0.4) is 0 Å². The molecule has 40 heavy (non-hydrogen) atoms. The van der Waals surface area contributed by atoms with Crippen LogP contribution in [0, 0.1) is 5.41 Å². The van der Waals surface area contributed by atoms with E-state index in [9.17, 15) is 4.79 Å². The number of carbonyl (C=O) groups is 1. The van der Waals surface area contributed by atoms with Crippen molar-refractivity contribution in [2.45, 2.75) is 32.6 Å². The fourth-order valence-corrected chi connectivity index (χ4v) is 5.90. The van der Waals surface area contributed by atoms with E-state index in [1.165, 1.54) is 22.3 Å². The first-order chi connectivity index (χ1) is 19.5. The van der Waals surface area contributed by atoms with Crippen LogP contribution in [-0.4, -0.2) is 47.3 Å². The van der Waals surface area contributed by atoms with Crippen molar-refractivity contribution < 1.29 is 19.0 Å². The highest BCUT2D eigenvalue weighted by atomic mass is 32.2. The average Bonchev–Trinajstić information content (AvgIpc) is 3.66. The molecule has 0 saturated carbocycles. The Hall–Kier alpha value is -3.89. The minimum atomic E-state index is -0.472. The Morgan fingerprint density at radius 2 is 1.85 bits per heavy atom. The van der Waals surface area contributed by atoms with Gasteiger partial charge in [0.25, 0.3) is 5.91 Å². The van der Waals surface area contributed by atoms with Crippen molar-refractivity contribution in [3.63, 3.8) is 0 Å². The number of carbonyl (C=O) groups excluding carboxylic acids is 1. The maximum atomic E-state index is 12.8. The van der Waals surface area contributed by atoms with E-state index < -0.39 is 5.91 Å². The maximum absolute atomic E-state index is 12.8. The summed E-state index contributed by atoms with van der Waals surface area (Å²) in [6, 6.07) is 17.5. The number of methoxy groups -OCH3 is 1. The van der Waals surface area contributed by atoms with Gasteiger partial charge in [-0.1, -0.05) is 44.2 Å². The minimum Gasteiger partial charge on any atom is -0.493 e. The molecular weight excluding hydrogens is 544 g/mol. The molecule has 0 aliphatic carbocycles. The monoisotopic (exact) mass is 574 g/mol. The van der Waals surface area contributed by atoms with Crippen LogP contribution in [-0.2, 0) is 4.79 Å². The number of nitrogens with zero attached hydrogens (tertiary/aromatic N) is 3. The molecule has 1 aromatic heterocycles. The van der Waals surface area contributed by atoms with Crippen LogP contribution in [0.2, 0.25) is 0 Å². The molecule has 0 spiro atoms. The van der Waals surface area contributed by atoms with Crippen molar-refractivity contribution in [1.29, 1.82) is 5.41 Å². The third kappa shape index (κ3) is 5.97. The molecule has 5 rings (SSSR count). The summed E-state index contributed by atoms with van der Waals surface area (Å²) in [5.74, 6) is 2.01. The summed E-state index contributed by atoms with van der Waals surface area (Å²) in [5.41, 5.74) is 2.07. The Labute approximate surface area is 241 Å². The molecule has 1 N–H and O–H groups in total. The highest BCUT2D eigenvalue weighted by Crippen LogP contribution is 2.34. The number of hydrazone groups is 1. The van der Waals surface area contributed by atoms with Crippen molar-refractivity contribution in [3.8, 4) is 17.2 Å². The number of thiophene rings is 1. The largest absolute Gasteiger partial charge is 0.493 e. The molecule has 3 aromatic rings. The number of fused-ring (bicyclic) bond motifs is 1. The van der Waals surface area contributed by atoms with E-state index in [0.717, 1.165) is 22.1 Å². The van der Waals surface area contributed by atoms with Gasteiger partial charge in [-0.15, -0.1) is 11.3 Å². The normalized spacial score (nSPS) is 16.5. The summed E-state index contributed by atoms with van der Waals surface area (Å²) in [6.07, 6.45) is 3.39. The Bertz CT molecular complexity index is 1500. The topological polar surface area (TPSA) is 96.6 Å². The summed E-state index contributed by atoms with van der Waals surface area (Å²) >= 11 is 2.84. The molecule has 0 saturated heterocycles. The second-order valence-electron chi connectivity index (χ2n) is 9.21. The van der Waals surface area contributed by atoms with E-state index in [-0.39, 0.29) is 11.4 Å². The van der Waals surface area contributed by atoms with Crippen molar-refractivity contribution >= 4 is 51.1 Å². The zero-order valence-corrected chi connectivity index (χ0v) is 24.2. The van der Waals surface area contributed by atoms with Gasteiger partial charge in [-0.2, -0.15) is 15.1 Å². The molecule has 3 heterocycles. The second kappa shape index (κ2) is 12.5. The number of ether oxygens (including phenoxy) is 3. The summed E-state index contributed by atoms with van der Waals surface area (Å²) in [5, 5.41) is 17.6. The molecule has 8 nitrogen and oxygen atoms in total. The number of hydrogen-bond acceptors (Lipinski definition) is 8. The van der Waals surface area contributed by atoms with Gasteiger partial charge >= 0.3 is 0 Å². The van der Waals surface area contributed by atoms with Crippen LogP contribution in [0.4, 0.5) is 0 Å². The lowest BCUT2D eigenvalue weighted by atomic mass is 9.98. The SMILES string of the molecule is CC[C@H](C)c1ccccc1OCCCOc1ccc(/C=C2/C(=N)N3N=C(c4cccs4)SC3=NC2=O)cc1OC. The highest BCUT2D eigenvalue weighted by Gasteiger charge is 2.36. The smallest absolute Gasteiger partial charge is 0.283 e. The van der Waals surface area contributed by atoms with E-state index >= 15 is 0 Å². The summed E-state index contributed by atoms with van der Waals surface area (Å²) < 4.78 is 17.6. The quantitative estimate of drug-likeness (QED) is 0.200. The average molecular weight is 575 g/mol. The van der Waals surface area contributed by atoms with Crippen LogP contribution >= 0.6 is 23.1 Å². The van der Waals surface area contributed by atoms with Gasteiger partial charge < -0.3 is 14.2 Å². The van der Waals surface area contributed by atoms with Crippen molar-refractivity contribution in [1.82, 2.24) is 5.01 Å². The van der Waals surface area contributed by atoms with Gasteiger partial charge in [0.2, 0.25) is 5.17 Å². The van der Waals surface area contributed by atoms with E-state index in [2.05, 4.69) is 30.0 Å². The maximum Gasteiger partial charge on any atom is 0.283 e. The highest BCUT2D eigenvalue weighted by molar-refractivity contribution is 8.27. The van der Waals surface area contributed by atoms with E-state index in [1.807, 2.05) is 41.8 Å². The first kappa shape index (κ1) is 27.7. The number of aliphatic imine (C=N–C) groups is 1. The number of nitrogens with one attached hydrogen (secondary N) is 1. The number of para-hydroxylation sites is 1. The van der Waals surface area contributed by atoms with Gasteiger partial charge in [0.15, 0.2) is 17.3 Å². The van der Waals surface area contributed by atoms with Crippen LogP contribution in [0.5, 0.6) is 17.2 Å². The summed E-state index contributed by atoms with van der Waals surface area (Å²) in [7, 11) is 1.57. The number of benzene rings is 2. The molecule has 2 aliphatic rings. The first-order valence-corrected chi connectivity index (χ1v) is 14.7. The van der Waals surface area contributed by atoms with Gasteiger partial charge in [0, 0.05) is 6.42 Å². The lowest BCUT2D eigenvalue weighted by molar-refractivity contribution is -0.114. The predicted molar refractivity (Wildman–Crippen MR) is 162 cm³/mol. The van der Waals surface area contributed by atoms with Gasteiger partial charge in [0.1, 0.15) is 10.8 Å². The number of hydrogen-bond donors (Lipinski definition) is 1. The zero-order chi connectivity index (χ0) is 28.1. The molecule has 206 valence electrons. The molecule has 2 aliphatic heterocycles. The molecule has 0 unspecified atom stereocenters. The standard InChI is InChI=1S/C30H30N4O4S2/c1-4-19(2)21-9-5-6-10-23(21)37-14-8-15-38-24-13-12-20(18-25(24)36-3)17-22-27(31)34-30(32-28(22)35)40-29(33-34)26-11-7-16-39-26/h5-7,9-13,16-19,31H,4,8,14-15H2,1-3H3/b22-17-,31-27?/t19-/m0/s1. The summed E-state index contributed by atoms with van der Waals surface area (Å²) in [4.78, 5) is 17.9. The Kier molecular flexibility index (Phi) is 8.66. The van der Waals surface area contributed by atoms with E-state index in [4.69, 9.17) is 19.6 Å². The molecule has 0 fully saturated rings. The third-order valence-electron chi connectivity index (χ3n) is 6.55. The molecule has 0 radical (unpaired) electrons. The number of amidine groups is 2.